The van der Waals surface area contributed by atoms with Gasteiger partial charge in [-0.25, -0.2) is 0 Å². The quantitative estimate of drug-likeness (QED) is 0.538. The van der Waals surface area contributed by atoms with Gasteiger partial charge in [-0.3, -0.25) is 14.7 Å². The van der Waals surface area contributed by atoms with Crippen molar-refractivity contribution < 1.29 is 4.79 Å². The summed E-state index contributed by atoms with van der Waals surface area (Å²) in [4.78, 5) is 25.3. The van der Waals surface area contributed by atoms with Crippen molar-refractivity contribution in [1.82, 2.24) is 20.1 Å². The van der Waals surface area contributed by atoms with Gasteiger partial charge < -0.3 is 15.1 Å². The van der Waals surface area contributed by atoms with E-state index < -0.39 is 0 Å². The van der Waals surface area contributed by atoms with Crippen molar-refractivity contribution in [2.45, 2.75) is 31.7 Å². The van der Waals surface area contributed by atoms with Crippen LogP contribution in [0.15, 0.2) is 54.7 Å². The molecule has 2 heterocycles. The molecule has 1 aliphatic carbocycles. The number of carbonyl (C=O) groups is 1. The summed E-state index contributed by atoms with van der Waals surface area (Å²) in [5, 5.41) is 4.53. The Morgan fingerprint density at radius 2 is 1.83 bits per heavy atom. The highest BCUT2D eigenvalue weighted by Gasteiger charge is 2.47. The van der Waals surface area contributed by atoms with Crippen LogP contribution in [0.5, 0.6) is 0 Å². The number of para-hydroxylation sites is 1. The van der Waals surface area contributed by atoms with E-state index in [-0.39, 0.29) is 11.4 Å². The third kappa shape index (κ3) is 5.19. The van der Waals surface area contributed by atoms with Crippen molar-refractivity contribution in [3.63, 3.8) is 0 Å². The minimum absolute atomic E-state index is 0.0186. The van der Waals surface area contributed by atoms with E-state index >= 15 is 0 Å². The number of hydrogen-bond acceptors (Lipinski definition) is 5. The summed E-state index contributed by atoms with van der Waals surface area (Å²) in [6, 6.07) is 16.6. The highest BCUT2D eigenvalue weighted by atomic mass is 16.1. The molecule has 0 unspecified atom stereocenters. The van der Waals surface area contributed by atoms with Crippen LogP contribution >= 0.6 is 0 Å². The molecule has 6 heteroatoms. The zero-order chi connectivity index (χ0) is 24.4. The van der Waals surface area contributed by atoms with Gasteiger partial charge in [-0.15, -0.1) is 0 Å². The van der Waals surface area contributed by atoms with E-state index in [2.05, 4.69) is 69.4 Å². The Morgan fingerprint density at radius 3 is 2.57 bits per heavy atom. The first-order valence-corrected chi connectivity index (χ1v) is 12.8. The molecule has 2 aliphatic rings. The summed E-state index contributed by atoms with van der Waals surface area (Å²) in [6.45, 7) is 8.45. The molecular formula is C29H37N5O. The largest absolute Gasteiger partial charge is 0.369 e. The number of amides is 1. The van der Waals surface area contributed by atoms with E-state index in [1.165, 1.54) is 12.0 Å². The SMILES string of the molecule is Cc1ccc(N2CCN(CCCN(C)C)CC2)cc1C(=O)NC1(c2ccnc3ccccc23)CC1. The number of aromatic nitrogens is 1. The monoisotopic (exact) mass is 471 g/mol. The zero-order valence-corrected chi connectivity index (χ0v) is 21.3. The summed E-state index contributed by atoms with van der Waals surface area (Å²) in [5.74, 6) is 0.0186. The third-order valence-corrected chi connectivity index (χ3v) is 7.55. The summed E-state index contributed by atoms with van der Waals surface area (Å²) < 4.78 is 0. The normalized spacial score (nSPS) is 17.7. The molecule has 184 valence electrons. The first kappa shape index (κ1) is 23.8. The number of nitrogens with one attached hydrogen (secondary N) is 1. The number of nitrogens with zero attached hydrogens (tertiary/aromatic N) is 4. The number of pyridine rings is 1. The highest BCUT2D eigenvalue weighted by Crippen LogP contribution is 2.47. The fraction of sp³-hybridized carbons (Fsp3) is 0.448. The molecule has 0 spiro atoms. The molecule has 1 saturated heterocycles. The molecule has 1 saturated carbocycles. The van der Waals surface area contributed by atoms with E-state index in [1.54, 1.807) is 0 Å². The van der Waals surface area contributed by atoms with Crippen LogP contribution in [0.2, 0.25) is 0 Å². The first-order valence-electron chi connectivity index (χ1n) is 12.8. The van der Waals surface area contributed by atoms with Crippen molar-refractivity contribution in [1.29, 1.82) is 0 Å². The van der Waals surface area contributed by atoms with Gasteiger partial charge in [0.2, 0.25) is 0 Å². The van der Waals surface area contributed by atoms with E-state index in [4.69, 9.17) is 0 Å². The molecule has 5 rings (SSSR count). The Morgan fingerprint density at radius 1 is 1.06 bits per heavy atom. The minimum atomic E-state index is -0.291. The maximum Gasteiger partial charge on any atom is 0.252 e. The Balaban J connectivity index is 1.28. The predicted octanol–water partition coefficient (Wildman–Crippen LogP) is 4.04. The first-order chi connectivity index (χ1) is 16.9. The van der Waals surface area contributed by atoms with Crippen molar-refractivity contribution in [2.75, 3.05) is 58.3 Å². The molecule has 35 heavy (non-hydrogen) atoms. The van der Waals surface area contributed by atoms with Gasteiger partial charge in [-0.05, 0) is 88.8 Å². The Bertz CT molecular complexity index is 1190. The van der Waals surface area contributed by atoms with Gasteiger partial charge in [0, 0.05) is 49.0 Å². The second-order valence-electron chi connectivity index (χ2n) is 10.4. The summed E-state index contributed by atoms with van der Waals surface area (Å²) in [5.41, 5.74) is 4.80. The van der Waals surface area contributed by atoms with Gasteiger partial charge >= 0.3 is 0 Å². The van der Waals surface area contributed by atoms with Crippen LogP contribution < -0.4 is 10.2 Å². The maximum absolute atomic E-state index is 13.5. The number of fused-ring (bicyclic) bond motifs is 1. The average Bonchev–Trinajstić information content (AvgIpc) is 3.64. The zero-order valence-electron chi connectivity index (χ0n) is 21.3. The van der Waals surface area contributed by atoms with Crippen LogP contribution in [-0.2, 0) is 5.54 Å². The number of aryl methyl sites for hydroxylation is 1. The lowest BCUT2D eigenvalue weighted by Gasteiger charge is -2.36. The lowest BCUT2D eigenvalue weighted by atomic mass is 9.99. The standard InChI is InChI=1S/C29H37N5O/c1-22-9-10-23(34-19-17-33(18-20-34)16-6-15-32(2)3)21-25(22)28(35)31-29(12-13-29)26-11-14-30-27-8-5-4-7-24(26)27/h4-5,7-11,14,21H,6,12-13,15-20H2,1-3H3,(H,31,35). The van der Waals surface area contributed by atoms with Crippen molar-refractivity contribution in [3.05, 3.63) is 71.4 Å². The van der Waals surface area contributed by atoms with Crippen LogP contribution in [0.4, 0.5) is 5.69 Å². The molecule has 0 bridgehead atoms. The van der Waals surface area contributed by atoms with E-state index in [1.807, 2.05) is 31.3 Å². The number of benzene rings is 2. The Labute approximate surface area is 208 Å². The van der Waals surface area contributed by atoms with E-state index in [0.717, 1.165) is 79.8 Å². The molecule has 1 amide bonds. The van der Waals surface area contributed by atoms with Gasteiger partial charge in [-0.2, -0.15) is 0 Å². The smallest absolute Gasteiger partial charge is 0.252 e. The van der Waals surface area contributed by atoms with Crippen LogP contribution in [-0.4, -0.2) is 74.1 Å². The van der Waals surface area contributed by atoms with Crippen LogP contribution in [0.1, 0.15) is 40.7 Å². The second-order valence-corrected chi connectivity index (χ2v) is 10.4. The number of carbonyl (C=O) groups excluding carboxylic acids is 1. The van der Waals surface area contributed by atoms with Crippen molar-refractivity contribution >= 4 is 22.5 Å². The maximum atomic E-state index is 13.5. The summed E-state index contributed by atoms with van der Waals surface area (Å²) in [7, 11) is 4.26. The molecule has 2 aromatic carbocycles. The van der Waals surface area contributed by atoms with Gasteiger partial charge in [0.1, 0.15) is 0 Å². The molecule has 6 nitrogen and oxygen atoms in total. The van der Waals surface area contributed by atoms with Gasteiger partial charge in [-0.1, -0.05) is 24.3 Å². The topological polar surface area (TPSA) is 51.7 Å². The molecule has 0 atom stereocenters. The summed E-state index contributed by atoms with van der Waals surface area (Å²) in [6.07, 6.45) is 4.98. The average molecular weight is 472 g/mol. The number of hydrogen-bond donors (Lipinski definition) is 1. The van der Waals surface area contributed by atoms with E-state index in [0.29, 0.717) is 0 Å². The van der Waals surface area contributed by atoms with Crippen LogP contribution in [0, 0.1) is 6.92 Å². The fourth-order valence-electron chi connectivity index (χ4n) is 5.28. The van der Waals surface area contributed by atoms with Gasteiger partial charge in [0.25, 0.3) is 5.91 Å². The molecule has 3 aromatic rings. The number of anilines is 1. The number of rotatable bonds is 8. The molecular weight excluding hydrogens is 434 g/mol. The third-order valence-electron chi connectivity index (χ3n) is 7.55. The van der Waals surface area contributed by atoms with Crippen LogP contribution in [0.25, 0.3) is 10.9 Å². The fourth-order valence-corrected chi connectivity index (χ4v) is 5.28. The lowest BCUT2D eigenvalue weighted by molar-refractivity contribution is 0.0930. The summed E-state index contributed by atoms with van der Waals surface area (Å²) >= 11 is 0. The Hall–Kier alpha value is -2.96. The van der Waals surface area contributed by atoms with Crippen molar-refractivity contribution in [3.8, 4) is 0 Å². The molecule has 1 aliphatic heterocycles. The van der Waals surface area contributed by atoms with Gasteiger partial charge in [0.15, 0.2) is 0 Å². The van der Waals surface area contributed by atoms with Gasteiger partial charge in [0.05, 0.1) is 11.1 Å². The van der Waals surface area contributed by atoms with Crippen molar-refractivity contribution in [2.24, 2.45) is 0 Å². The lowest BCUT2D eigenvalue weighted by Crippen LogP contribution is -2.47. The van der Waals surface area contributed by atoms with Crippen LogP contribution in [0.3, 0.4) is 0 Å². The second kappa shape index (κ2) is 9.96. The molecule has 2 fully saturated rings. The predicted molar refractivity (Wildman–Crippen MR) is 143 cm³/mol. The number of piperazine rings is 1. The molecule has 0 radical (unpaired) electrons. The molecule has 1 aromatic heterocycles. The van der Waals surface area contributed by atoms with E-state index in [9.17, 15) is 4.79 Å². The molecule has 1 N–H and O–H groups in total. The highest BCUT2D eigenvalue weighted by molar-refractivity contribution is 5.98. The minimum Gasteiger partial charge on any atom is -0.369 e. The Kier molecular flexibility index (Phi) is 6.76.